The normalized spacial score (nSPS) is 16.2. The molecule has 1 aromatic carbocycles. The summed E-state index contributed by atoms with van der Waals surface area (Å²) < 4.78 is 0. The molecular weight excluding hydrogens is 260 g/mol. The second kappa shape index (κ2) is 5.13. The summed E-state index contributed by atoms with van der Waals surface area (Å²) in [6.07, 6.45) is 0.234. The number of amides is 2. The first kappa shape index (κ1) is 14.3. The molecule has 0 aromatic heterocycles. The van der Waals surface area contributed by atoms with Crippen LogP contribution in [0.4, 0.5) is 11.4 Å². The van der Waals surface area contributed by atoms with Crippen LogP contribution in [0.1, 0.15) is 32.3 Å². The SMILES string of the molecule is CC1(C)CC(=O)Nc2ccc(NC(=O)CCO)c(O)c21. The van der Waals surface area contributed by atoms with E-state index in [1.54, 1.807) is 6.07 Å². The van der Waals surface area contributed by atoms with Crippen LogP contribution in [-0.2, 0) is 15.0 Å². The van der Waals surface area contributed by atoms with Crippen molar-refractivity contribution in [3.05, 3.63) is 17.7 Å². The molecule has 6 heteroatoms. The van der Waals surface area contributed by atoms with Crippen molar-refractivity contribution in [2.75, 3.05) is 17.2 Å². The van der Waals surface area contributed by atoms with Gasteiger partial charge in [-0.2, -0.15) is 0 Å². The topological polar surface area (TPSA) is 98.7 Å². The lowest BCUT2D eigenvalue weighted by Gasteiger charge is -2.33. The summed E-state index contributed by atoms with van der Waals surface area (Å²) in [7, 11) is 0. The van der Waals surface area contributed by atoms with Crippen molar-refractivity contribution in [3.63, 3.8) is 0 Å². The van der Waals surface area contributed by atoms with E-state index < -0.39 is 5.41 Å². The molecule has 20 heavy (non-hydrogen) atoms. The zero-order valence-electron chi connectivity index (χ0n) is 11.5. The zero-order chi connectivity index (χ0) is 14.9. The Labute approximate surface area is 116 Å². The number of hydrogen-bond acceptors (Lipinski definition) is 4. The van der Waals surface area contributed by atoms with Crippen molar-refractivity contribution in [3.8, 4) is 5.75 Å². The molecule has 0 unspecified atom stereocenters. The maximum Gasteiger partial charge on any atom is 0.226 e. The van der Waals surface area contributed by atoms with Gasteiger partial charge in [0.2, 0.25) is 11.8 Å². The molecule has 0 aliphatic carbocycles. The number of benzene rings is 1. The van der Waals surface area contributed by atoms with Crippen LogP contribution in [-0.4, -0.2) is 28.6 Å². The first-order chi connectivity index (χ1) is 9.35. The van der Waals surface area contributed by atoms with Gasteiger partial charge in [0, 0.05) is 23.1 Å². The van der Waals surface area contributed by atoms with E-state index in [2.05, 4.69) is 10.6 Å². The van der Waals surface area contributed by atoms with Gasteiger partial charge in [-0.05, 0) is 12.1 Å². The minimum Gasteiger partial charge on any atom is -0.505 e. The Morgan fingerprint density at radius 2 is 2.15 bits per heavy atom. The van der Waals surface area contributed by atoms with E-state index in [0.717, 1.165) is 0 Å². The highest BCUT2D eigenvalue weighted by molar-refractivity contribution is 5.99. The average molecular weight is 278 g/mol. The third-order valence-electron chi connectivity index (χ3n) is 3.34. The number of carbonyl (C=O) groups excluding carboxylic acids is 2. The van der Waals surface area contributed by atoms with Gasteiger partial charge in [0.25, 0.3) is 0 Å². The minimum absolute atomic E-state index is 0.0311. The molecule has 1 aliphatic rings. The van der Waals surface area contributed by atoms with Crippen LogP contribution in [0, 0.1) is 0 Å². The van der Waals surface area contributed by atoms with E-state index in [-0.39, 0.29) is 42.7 Å². The summed E-state index contributed by atoms with van der Waals surface area (Å²) >= 11 is 0. The number of fused-ring (bicyclic) bond motifs is 1. The third-order valence-corrected chi connectivity index (χ3v) is 3.34. The zero-order valence-corrected chi connectivity index (χ0v) is 11.5. The fourth-order valence-electron chi connectivity index (χ4n) is 2.48. The second-order valence-corrected chi connectivity index (χ2v) is 5.51. The number of aliphatic hydroxyl groups excluding tert-OH is 1. The number of nitrogens with one attached hydrogen (secondary N) is 2. The Balaban J connectivity index is 2.41. The molecule has 0 spiro atoms. The summed E-state index contributed by atoms with van der Waals surface area (Å²) in [4.78, 5) is 23.1. The van der Waals surface area contributed by atoms with Gasteiger partial charge in [-0.15, -0.1) is 0 Å². The number of carbonyl (C=O) groups is 2. The van der Waals surface area contributed by atoms with Crippen LogP contribution in [0.5, 0.6) is 5.75 Å². The van der Waals surface area contributed by atoms with Crippen molar-refractivity contribution < 1.29 is 19.8 Å². The first-order valence-corrected chi connectivity index (χ1v) is 6.42. The molecule has 2 amide bonds. The van der Waals surface area contributed by atoms with Gasteiger partial charge >= 0.3 is 0 Å². The molecule has 0 saturated heterocycles. The maximum atomic E-state index is 11.6. The standard InChI is InChI=1S/C14H18N2O4/c1-14(2)7-11(19)15-8-3-4-9(13(20)12(8)14)16-10(18)5-6-17/h3-4,17,20H,5-7H2,1-2H3,(H,15,19)(H,16,18). The van der Waals surface area contributed by atoms with Crippen LogP contribution in [0.15, 0.2) is 12.1 Å². The molecule has 1 aromatic rings. The molecule has 0 bridgehead atoms. The fraction of sp³-hybridized carbons (Fsp3) is 0.429. The van der Waals surface area contributed by atoms with Gasteiger partial charge in [0.1, 0.15) is 5.75 Å². The lowest BCUT2D eigenvalue weighted by Crippen LogP contribution is -2.32. The fourth-order valence-corrected chi connectivity index (χ4v) is 2.48. The number of phenolic OH excluding ortho intramolecular Hbond substituents is 1. The van der Waals surface area contributed by atoms with Crippen molar-refractivity contribution in [2.24, 2.45) is 0 Å². The second-order valence-electron chi connectivity index (χ2n) is 5.51. The molecule has 4 N–H and O–H groups in total. The summed E-state index contributed by atoms with van der Waals surface area (Å²) in [6, 6.07) is 3.19. The number of aliphatic hydroxyl groups is 1. The Morgan fingerprint density at radius 1 is 1.45 bits per heavy atom. The van der Waals surface area contributed by atoms with Crippen LogP contribution < -0.4 is 10.6 Å². The third kappa shape index (κ3) is 2.60. The summed E-state index contributed by atoms with van der Waals surface area (Å²) in [5.74, 6) is -0.516. The van der Waals surface area contributed by atoms with Crippen molar-refractivity contribution in [1.82, 2.24) is 0 Å². The number of hydrogen-bond donors (Lipinski definition) is 4. The molecule has 2 rings (SSSR count). The van der Waals surface area contributed by atoms with Gasteiger partial charge in [-0.25, -0.2) is 0 Å². The molecule has 0 radical (unpaired) electrons. The number of phenols is 1. The van der Waals surface area contributed by atoms with Crippen LogP contribution in [0.25, 0.3) is 0 Å². The van der Waals surface area contributed by atoms with E-state index >= 15 is 0 Å². The highest BCUT2D eigenvalue weighted by Gasteiger charge is 2.35. The molecular formula is C14H18N2O4. The molecule has 0 fully saturated rings. The Bertz CT molecular complexity index is 567. The molecule has 1 aliphatic heterocycles. The highest BCUT2D eigenvalue weighted by Crippen LogP contribution is 2.45. The molecule has 1 heterocycles. The maximum absolute atomic E-state index is 11.6. The molecule has 108 valence electrons. The van der Waals surface area contributed by atoms with E-state index in [1.165, 1.54) is 6.07 Å². The number of aromatic hydroxyl groups is 1. The predicted octanol–water partition coefficient (Wildman–Crippen LogP) is 1.33. The van der Waals surface area contributed by atoms with Gasteiger partial charge in [-0.1, -0.05) is 13.8 Å². The largest absolute Gasteiger partial charge is 0.505 e. The quantitative estimate of drug-likeness (QED) is 0.627. The van der Waals surface area contributed by atoms with Crippen molar-refractivity contribution in [1.29, 1.82) is 0 Å². The van der Waals surface area contributed by atoms with E-state index in [1.807, 2.05) is 13.8 Å². The molecule has 0 saturated carbocycles. The Morgan fingerprint density at radius 3 is 2.80 bits per heavy atom. The van der Waals surface area contributed by atoms with Crippen molar-refractivity contribution in [2.45, 2.75) is 32.1 Å². The summed E-state index contributed by atoms with van der Waals surface area (Å²) in [6.45, 7) is 3.48. The van der Waals surface area contributed by atoms with Crippen molar-refractivity contribution >= 4 is 23.2 Å². The van der Waals surface area contributed by atoms with E-state index in [4.69, 9.17) is 5.11 Å². The summed E-state index contributed by atoms with van der Waals surface area (Å²) in [5, 5.41) is 24.3. The lowest BCUT2D eigenvalue weighted by molar-refractivity contribution is -0.118. The lowest BCUT2D eigenvalue weighted by atomic mass is 9.77. The van der Waals surface area contributed by atoms with E-state index in [9.17, 15) is 14.7 Å². The Hall–Kier alpha value is -2.08. The monoisotopic (exact) mass is 278 g/mol. The van der Waals surface area contributed by atoms with Gasteiger partial charge in [-0.3, -0.25) is 9.59 Å². The number of rotatable bonds is 3. The first-order valence-electron chi connectivity index (χ1n) is 6.42. The van der Waals surface area contributed by atoms with E-state index in [0.29, 0.717) is 11.3 Å². The van der Waals surface area contributed by atoms with Gasteiger partial charge in [0.05, 0.1) is 18.7 Å². The van der Waals surface area contributed by atoms with Crippen LogP contribution in [0.3, 0.4) is 0 Å². The van der Waals surface area contributed by atoms with Gasteiger partial charge in [0.15, 0.2) is 0 Å². The predicted molar refractivity (Wildman–Crippen MR) is 74.7 cm³/mol. The van der Waals surface area contributed by atoms with Crippen LogP contribution >= 0.6 is 0 Å². The van der Waals surface area contributed by atoms with Crippen LogP contribution in [0.2, 0.25) is 0 Å². The average Bonchev–Trinajstić information content (AvgIpc) is 2.31. The number of anilines is 2. The van der Waals surface area contributed by atoms with Gasteiger partial charge < -0.3 is 20.8 Å². The Kier molecular flexibility index (Phi) is 3.67. The highest BCUT2D eigenvalue weighted by atomic mass is 16.3. The minimum atomic E-state index is -0.514. The molecule has 0 atom stereocenters. The molecule has 6 nitrogen and oxygen atoms in total. The smallest absolute Gasteiger partial charge is 0.226 e. The summed E-state index contributed by atoms with van der Waals surface area (Å²) in [5.41, 5.74) is 0.939.